The van der Waals surface area contributed by atoms with Gasteiger partial charge in [-0.25, -0.2) is 15.0 Å². The standard InChI is InChI=1S/C31H53N7O7/c1-25(2)38-28-22-30(37-29(33-4)8-11-34-10-7-26(40-5)6-9-32-3)35-23-27(28)36-31(38)24-45-21-20-44-19-18-43-17-16-42-15-14-41-13-12-39/h8,11,22-23,25-26,32,39H,4,6-7,9-10,12-21,24H2,1-3,5H3,(H,35,37)/b29-8+,34-11?. The quantitative estimate of drug-likeness (QED) is 0.0934. The minimum absolute atomic E-state index is 0.0185. The van der Waals surface area contributed by atoms with E-state index in [1.54, 1.807) is 25.6 Å². The molecule has 14 heteroatoms. The van der Waals surface area contributed by atoms with Crippen LogP contribution in [0, 0.1) is 0 Å². The predicted octanol–water partition coefficient (Wildman–Crippen LogP) is 2.63. The Bertz CT molecular complexity index is 1130. The average molecular weight is 636 g/mol. The number of aromatic nitrogens is 3. The minimum Gasteiger partial charge on any atom is -0.394 e. The molecule has 0 aromatic carbocycles. The highest BCUT2D eigenvalue weighted by Crippen LogP contribution is 2.24. The van der Waals surface area contributed by atoms with Gasteiger partial charge in [-0.1, -0.05) is 0 Å². The first kappa shape index (κ1) is 38.4. The van der Waals surface area contributed by atoms with Crippen LogP contribution in [0.25, 0.3) is 11.0 Å². The average Bonchev–Trinajstić information content (AvgIpc) is 3.41. The first-order valence-corrected chi connectivity index (χ1v) is 15.5. The first-order valence-electron chi connectivity index (χ1n) is 15.5. The van der Waals surface area contributed by atoms with Gasteiger partial charge in [-0.2, -0.15) is 0 Å². The highest BCUT2D eigenvalue weighted by atomic mass is 16.6. The molecule has 45 heavy (non-hydrogen) atoms. The molecule has 0 spiro atoms. The molecule has 0 aliphatic rings. The Labute approximate surface area is 267 Å². The Balaban J connectivity index is 1.77. The zero-order valence-corrected chi connectivity index (χ0v) is 27.4. The Morgan fingerprint density at radius 3 is 2.22 bits per heavy atom. The summed E-state index contributed by atoms with van der Waals surface area (Å²) in [4.78, 5) is 17.8. The number of aliphatic hydroxyl groups excluding tert-OH is 1. The molecule has 0 aliphatic heterocycles. The van der Waals surface area contributed by atoms with E-state index in [1.807, 2.05) is 13.1 Å². The molecule has 0 radical (unpaired) electrons. The highest BCUT2D eigenvalue weighted by molar-refractivity contribution is 5.79. The van der Waals surface area contributed by atoms with Gasteiger partial charge in [0, 0.05) is 32.0 Å². The molecule has 0 saturated carbocycles. The molecule has 14 nitrogen and oxygen atoms in total. The molecular weight excluding hydrogens is 582 g/mol. The van der Waals surface area contributed by atoms with Crippen LogP contribution in [0.15, 0.2) is 34.1 Å². The molecule has 0 bridgehead atoms. The van der Waals surface area contributed by atoms with Gasteiger partial charge >= 0.3 is 0 Å². The SMILES string of the molecule is C=N/C(=C\C=NCCC(CCNC)OC)Nc1cc2c(cn1)nc(COCCOCCOCCOCCOCCO)n2C(C)C. The molecule has 0 saturated heterocycles. The minimum atomic E-state index is 0.0185. The number of hydrogen-bond donors (Lipinski definition) is 3. The number of hydrogen-bond acceptors (Lipinski definition) is 13. The molecule has 2 heterocycles. The van der Waals surface area contributed by atoms with Gasteiger partial charge in [0.05, 0.1) is 83.9 Å². The van der Waals surface area contributed by atoms with Gasteiger partial charge < -0.3 is 48.7 Å². The van der Waals surface area contributed by atoms with E-state index in [9.17, 15) is 0 Å². The van der Waals surface area contributed by atoms with Gasteiger partial charge in [0.2, 0.25) is 0 Å². The third-order valence-electron chi connectivity index (χ3n) is 6.51. The Kier molecular flexibility index (Phi) is 20.8. The van der Waals surface area contributed by atoms with Crippen molar-refractivity contribution in [2.24, 2.45) is 9.98 Å². The van der Waals surface area contributed by atoms with E-state index in [0.717, 1.165) is 36.2 Å². The van der Waals surface area contributed by atoms with E-state index in [2.05, 4.69) is 50.7 Å². The second-order valence-electron chi connectivity index (χ2n) is 10.2. The lowest BCUT2D eigenvalue weighted by Gasteiger charge is -2.14. The number of imidazole rings is 1. The van der Waals surface area contributed by atoms with Gasteiger partial charge in [0.1, 0.15) is 29.6 Å². The largest absolute Gasteiger partial charge is 0.394 e. The number of aliphatic hydroxyl groups is 1. The summed E-state index contributed by atoms with van der Waals surface area (Å²) in [5.41, 5.74) is 1.73. The Morgan fingerprint density at radius 2 is 1.64 bits per heavy atom. The van der Waals surface area contributed by atoms with E-state index < -0.39 is 0 Å². The van der Waals surface area contributed by atoms with Gasteiger partial charge in [-0.05, 0) is 53.1 Å². The smallest absolute Gasteiger partial charge is 0.136 e. The van der Waals surface area contributed by atoms with Crippen molar-refractivity contribution in [1.82, 2.24) is 19.9 Å². The van der Waals surface area contributed by atoms with Crippen LogP contribution in [0.4, 0.5) is 5.82 Å². The van der Waals surface area contributed by atoms with E-state index in [0.29, 0.717) is 84.3 Å². The van der Waals surface area contributed by atoms with Crippen LogP contribution in [0.2, 0.25) is 0 Å². The molecule has 1 atom stereocenters. The lowest BCUT2D eigenvalue weighted by atomic mass is 10.2. The van der Waals surface area contributed by atoms with Crippen molar-refractivity contribution >= 4 is 29.8 Å². The fraction of sp³-hybridized carbons (Fsp3) is 0.677. The molecule has 0 amide bonds. The summed E-state index contributed by atoms with van der Waals surface area (Å²) >= 11 is 0. The number of nitrogens with one attached hydrogen (secondary N) is 2. The second kappa shape index (κ2) is 24.4. The monoisotopic (exact) mass is 635 g/mol. The molecule has 1 unspecified atom stereocenters. The lowest BCUT2D eigenvalue weighted by molar-refractivity contribution is -0.0150. The molecule has 254 valence electrons. The van der Waals surface area contributed by atoms with Crippen LogP contribution in [0.5, 0.6) is 0 Å². The molecular formula is C31H53N7O7. The maximum absolute atomic E-state index is 8.64. The van der Waals surface area contributed by atoms with Crippen LogP contribution >= 0.6 is 0 Å². The van der Waals surface area contributed by atoms with Crippen molar-refractivity contribution in [3.05, 3.63) is 30.0 Å². The fourth-order valence-electron chi connectivity index (χ4n) is 4.27. The maximum Gasteiger partial charge on any atom is 0.136 e. The van der Waals surface area contributed by atoms with Crippen LogP contribution in [-0.4, -0.2) is 132 Å². The van der Waals surface area contributed by atoms with Crippen molar-refractivity contribution in [1.29, 1.82) is 0 Å². The van der Waals surface area contributed by atoms with E-state index >= 15 is 0 Å². The highest BCUT2D eigenvalue weighted by Gasteiger charge is 2.15. The van der Waals surface area contributed by atoms with Crippen LogP contribution < -0.4 is 10.6 Å². The summed E-state index contributed by atoms with van der Waals surface area (Å²) < 4.78 is 35.1. The van der Waals surface area contributed by atoms with Crippen molar-refractivity contribution in [2.45, 2.75) is 45.4 Å². The summed E-state index contributed by atoms with van der Waals surface area (Å²) in [6.07, 6.45) is 7.21. The number of ether oxygens (including phenoxy) is 6. The van der Waals surface area contributed by atoms with Crippen molar-refractivity contribution < 1.29 is 33.5 Å². The summed E-state index contributed by atoms with van der Waals surface area (Å²) in [5, 5.41) is 15.0. The normalized spacial score (nSPS) is 13.0. The molecule has 3 N–H and O–H groups in total. The molecule has 2 rings (SSSR count). The lowest BCUT2D eigenvalue weighted by Crippen LogP contribution is -2.19. The molecule has 2 aromatic heterocycles. The van der Waals surface area contributed by atoms with Crippen molar-refractivity contribution in [3.8, 4) is 0 Å². The van der Waals surface area contributed by atoms with Gasteiger partial charge in [0.25, 0.3) is 0 Å². The fourth-order valence-corrected chi connectivity index (χ4v) is 4.27. The number of fused-ring (bicyclic) bond motifs is 1. The topological polar surface area (TPSA) is 155 Å². The number of pyridine rings is 1. The third-order valence-corrected chi connectivity index (χ3v) is 6.51. The van der Waals surface area contributed by atoms with Gasteiger partial charge in [-0.15, -0.1) is 0 Å². The van der Waals surface area contributed by atoms with Crippen LogP contribution in [0.3, 0.4) is 0 Å². The number of nitrogens with zero attached hydrogens (tertiary/aromatic N) is 5. The van der Waals surface area contributed by atoms with Crippen molar-refractivity contribution in [2.75, 3.05) is 98.6 Å². The van der Waals surface area contributed by atoms with Gasteiger partial charge in [0.15, 0.2) is 0 Å². The van der Waals surface area contributed by atoms with E-state index in [4.69, 9.17) is 38.5 Å². The van der Waals surface area contributed by atoms with Crippen LogP contribution in [-0.2, 0) is 35.0 Å². The first-order chi connectivity index (χ1) is 22.0. The zero-order valence-electron chi connectivity index (χ0n) is 27.4. The Morgan fingerprint density at radius 1 is 1.00 bits per heavy atom. The summed E-state index contributed by atoms with van der Waals surface area (Å²) in [6, 6.07) is 2.12. The second-order valence-corrected chi connectivity index (χ2v) is 10.2. The third kappa shape index (κ3) is 15.8. The Hall–Kier alpha value is -2.82. The molecule has 0 fully saturated rings. The van der Waals surface area contributed by atoms with E-state index in [1.165, 1.54) is 0 Å². The van der Waals surface area contributed by atoms with E-state index in [-0.39, 0.29) is 18.8 Å². The summed E-state index contributed by atoms with van der Waals surface area (Å²) in [7, 11) is 3.67. The van der Waals surface area contributed by atoms with Crippen LogP contribution in [0.1, 0.15) is 38.6 Å². The number of methoxy groups -OCH3 is 1. The summed E-state index contributed by atoms with van der Waals surface area (Å²) in [6.45, 7) is 13.9. The van der Waals surface area contributed by atoms with Gasteiger partial charge in [-0.3, -0.25) is 4.99 Å². The number of allylic oxidation sites excluding steroid dienone is 1. The maximum atomic E-state index is 8.64. The predicted molar refractivity (Wildman–Crippen MR) is 177 cm³/mol. The number of anilines is 1. The molecule has 2 aromatic rings. The summed E-state index contributed by atoms with van der Waals surface area (Å²) in [5.74, 6) is 1.99. The molecule has 0 aliphatic carbocycles. The zero-order chi connectivity index (χ0) is 32.5. The van der Waals surface area contributed by atoms with Crippen molar-refractivity contribution in [3.63, 3.8) is 0 Å². The number of rotatable bonds is 28. The number of aliphatic imine (C=N–C) groups is 2.